The fraction of sp³-hybridized carbons (Fsp3) is 0.923. The summed E-state index contributed by atoms with van der Waals surface area (Å²) in [5, 5.41) is 3.18. The lowest BCUT2D eigenvalue weighted by Crippen LogP contribution is -2.41. The number of carbonyl (C=O) groups excluding carboxylic acids is 1. The van der Waals surface area contributed by atoms with E-state index in [9.17, 15) is 4.79 Å². The first-order valence-electron chi connectivity index (χ1n) is 6.55. The summed E-state index contributed by atoms with van der Waals surface area (Å²) in [6.45, 7) is 5.07. The van der Waals surface area contributed by atoms with E-state index in [0.29, 0.717) is 23.9 Å². The molecule has 3 atom stereocenters. The number of carbonyl (C=O) groups is 1. The van der Waals surface area contributed by atoms with Gasteiger partial charge in [-0.2, -0.15) is 0 Å². The first-order chi connectivity index (χ1) is 7.54. The Morgan fingerprint density at radius 1 is 1.38 bits per heavy atom. The highest BCUT2D eigenvalue weighted by atomic mass is 16.2. The van der Waals surface area contributed by atoms with Crippen LogP contribution in [0, 0.1) is 17.3 Å². The van der Waals surface area contributed by atoms with Crippen molar-refractivity contribution in [2.45, 2.75) is 52.0 Å². The molecule has 0 saturated heterocycles. The predicted octanol–water partition coefficient (Wildman–Crippen LogP) is 1.67. The van der Waals surface area contributed by atoms with Gasteiger partial charge in [-0.25, -0.2) is 0 Å². The molecule has 0 heterocycles. The molecule has 2 fully saturated rings. The second-order valence-corrected chi connectivity index (χ2v) is 6.14. The van der Waals surface area contributed by atoms with Gasteiger partial charge in [0.15, 0.2) is 0 Å². The second kappa shape index (κ2) is 4.36. The monoisotopic (exact) mass is 224 g/mol. The molecule has 2 rings (SSSR count). The Kier molecular flexibility index (Phi) is 3.24. The van der Waals surface area contributed by atoms with Gasteiger partial charge in [-0.1, -0.05) is 26.7 Å². The molecule has 16 heavy (non-hydrogen) atoms. The molecular weight excluding hydrogens is 200 g/mol. The Hall–Kier alpha value is -0.570. The number of amides is 1. The Labute approximate surface area is 98.2 Å². The predicted molar refractivity (Wildman–Crippen MR) is 64.8 cm³/mol. The Balaban J connectivity index is 1.88. The molecule has 0 aliphatic heterocycles. The summed E-state index contributed by atoms with van der Waals surface area (Å²) in [7, 11) is 0. The minimum atomic E-state index is 0.176. The van der Waals surface area contributed by atoms with Crippen LogP contribution >= 0.6 is 0 Å². The van der Waals surface area contributed by atoms with E-state index in [2.05, 4.69) is 19.2 Å². The van der Waals surface area contributed by atoms with Crippen molar-refractivity contribution in [2.75, 3.05) is 6.54 Å². The van der Waals surface area contributed by atoms with E-state index in [4.69, 9.17) is 5.73 Å². The number of nitrogens with two attached hydrogens (primary N) is 1. The Morgan fingerprint density at radius 3 is 2.56 bits per heavy atom. The van der Waals surface area contributed by atoms with E-state index in [0.717, 1.165) is 19.3 Å². The average molecular weight is 224 g/mol. The molecule has 2 aliphatic rings. The topological polar surface area (TPSA) is 55.1 Å². The molecule has 0 bridgehead atoms. The largest absolute Gasteiger partial charge is 0.353 e. The van der Waals surface area contributed by atoms with E-state index in [-0.39, 0.29) is 11.8 Å². The zero-order valence-electron chi connectivity index (χ0n) is 10.5. The van der Waals surface area contributed by atoms with Gasteiger partial charge >= 0.3 is 0 Å². The first-order valence-corrected chi connectivity index (χ1v) is 6.55. The van der Waals surface area contributed by atoms with Gasteiger partial charge in [-0.3, -0.25) is 4.79 Å². The van der Waals surface area contributed by atoms with E-state index in [1.165, 1.54) is 12.8 Å². The third-order valence-electron chi connectivity index (χ3n) is 4.38. The van der Waals surface area contributed by atoms with Gasteiger partial charge in [0.1, 0.15) is 0 Å². The maximum absolute atomic E-state index is 12.1. The van der Waals surface area contributed by atoms with Gasteiger partial charge in [0.2, 0.25) is 5.91 Å². The van der Waals surface area contributed by atoms with Crippen LogP contribution in [0.25, 0.3) is 0 Å². The summed E-state index contributed by atoms with van der Waals surface area (Å²) >= 11 is 0. The highest BCUT2D eigenvalue weighted by Crippen LogP contribution is 2.45. The standard InChI is InChI=1S/C13H24N2O/c1-13(2)7-11(13)15-12(16)10-6-4-3-5-9(10)8-14/h9-11H,3-8,14H2,1-2H3,(H,15,16). The van der Waals surface area contributed by atoms with Gasteiger partial charge in [0, 0.05) is 12.0 Å². The van der Waals surface area contributed by atoms with Gasteiger partial charge < -0.3 is 11.1 Å². The maximum Gasteiger partial charge on any atom is 0.223 e. The van der Waals surface area contributed by atoms with Gasteiger partial charge in [-0.05, 0) is 37.1 Å². The normalized spacial score (nSPS) is 36.8. The molecule has 0 aromatic heterocycles. The number of hydrogen-bond donors (Lipinski definition) is 2. The van der Waals surface area contributed by atoms with Crippen molar-refractivity contribution in [1.82, 2.24) is 5.32 Å². The molecular formula is C13H24N2O. The van der Waals surface area contributed by atoms with Crippen molar-refractivity contribution in [3.8, 4) is 0 Å². The van der Waals surface area contributed by atoms with E-state index in [1.807, 2.05) is 0 Å². The highest BCUT2D eigenvalue weighted by Gasteiger charge is 2.47. The molecule has 2 saturated carbocycles. The minimum absolute atomic E-state index is 0.176. The zero-order valence-corrected chi connectivity index (χ0v) is 10.5. The number of rotatable bonds is 3. The molecule has 3 N–H and O–H groups in total. The maximum atomic E-state index is 12.1. The molecule has 3 unspecified atom stereocenters. The van der Waals surface area contributed by atoms with Crippen molar-refractivity contribution in [3.63, 3.8) is 0 Å². The second-order valence-electron chi connectivity index (χ2n) is 6.14. The quantitative estimate of drug-likeness (QED) is 0.766. The lowest BCUT2D eigenvalue weighted by Gasteiger charge is -2.29. The lowest BCUT2D eigenvalue weighted by molar-refractivity contribution is -0.128. The summed E-state index contributed by atoms with van der Waals surface area (Å²) < 4.78 is 0. The van der Waals surface area contributed by atoms with Gasteiger partial charge in [-0.15, -0.1) is 0 Å². The third kappa shape index (κ3) is 2.40. The van der Waals surface area contributed by atoms with Crippen LogP contribution in [-0.2, 0) is 4.79 Å². The van der Waals surface area contributed by atoms with Crippen LogP contribution in [0.1, 0.15) is 46.0 Å². The highest BCUT2D eigenvalue weighted by molar-refractivity contribution is 5.79. The zero-order chi connectivity index (χ0) is 11.8. The molecule has 3 nitrogen and oxygen atoms in total. The van der Waals surface area contributed by atoms with Crippen LogP contribution in [0.5, 0.6) is 0 Å². The summed E-state index contributed by atoms with van der Waals surface area (Å²) in [6.07, 6.45) is 5.70. The summed E-state index contributed by atoms with van der Waals surface area (Å²) in [5.74, 6) is 0.844. The fourth-order valence-electron chi connectivity index (χ4n) is 2.83. The summed E-state index contributed by atoms with van der Waals surface area (Å²) in [5.41, 5.74) is 6.07. The molecule has 2 aliphatic carbocycles. The van der Waals surface area contributed by atoms with Crippen molar-refractivity contribution in [3.05, 3.63) is 0 Å². The van der Waals surface area contributed by atoms with Crippen LogP contribution in [-0.4, -0.2) is 18.5 Å². The van der Waals surface area contributed by atoms with Crippen LogP contribution < -0.4 is 11.1 Å². The van der Waals surface area contributed by atoms with Crippen molar-refractivity contribution >= 4 is 5.91 Å². The van der Waals surface area contributed by atoms with Crippen LogP contribution in [0.3, 0.4) is 0 Å². The molecule has 0 aromatic carbocycles. The number of nitrogens with one attached hydrogen (secondary N) is 1. The van der Waals surface area contributed by atoms with Crippen molar-refractivity contribution < 1.29 is 4.79 Å². The van der Waals surface area contributed by atoms with Crippen molar-refractivity contribution in [1.29, 1.82) is 0 Å². The number of hydrogen-bond acceptors (Lipinski definition) is 2. The summed E-state index contributed by atoms with van der Waals surface area (Å²) in [6, 6.07) is 0.403. The van der Waals surface area contributed by atoms with Crippen LogP contribution in [0.4, 0.5) is 0 Å². The van der Waals surface area contributed by atoms with Gasteiger partial charge in [0.05, 0.1) is 0 Å². The van der Waals surface area contributed by atoms with Crippen LogP contribution in [0.2, 0.25) is 0 Å². The van der Waals surface area contributed by atoms with E-state index >= 15 is 0 Å². The molecule has 0 radical (unpaired) electrons. The fourth-order valence-corrected chi connectivity index (χ4v) is 2.83. The average Bonchev–Trinajstić information content (AvgIpc) is 2.85. The molecule has 0 aromatic rings. The minimum Gasteiger partial charge on any atom is -0.353 e. The molecule has 1 amide bonds. The first kappa shape index (κ1) is 11.9. The van der Waals surface area contributed by atoms with Crippen LogP contribution in [0.15, 0.2) is 0 Å². The van der Waals surface area contributed by atoms with E-state index in [1.54, 1.807) is 0 Å². The molecule has 3 heteroatoms. The molecule has 92 valence electrons. The lowest BCUT2D eigenvalue weighted by atomic mass is 9.78. The summed E-state index contributed by atoms with van der Waals surface area (Å²) in [4.78, 5) is 12.1. The third-order valence-corrected chi connectivity index (χ3v) is 4.38. The smallest absolute Gasteiger partial charge is 0.223 e. The Bertz CT molecular complexity index is 275. The SMILES string of the molecule is CC1(C)CC1NC(=O)C1CCCCC1CN. The Morgan fingerprint density at radius 2 is 2.00 bits per heavy atom. The van der Waals surface area contributed by atoms with Gasteiger partial charge in [0.25, 0.3) is 0 Å². The van der Waals surface area contributed by atoms with Crippen molar-refractivity contribution in [2.24, 2.45) is 23.0 Å². The molecule has 0 spiro atoms. The van der Waals surface area contributed by atoms with E-state index < -0.39 is 0 Å².